The number of amides is 2. The molecule has 4 aromatic carbocycles. The molecule has 0 saturated carbocycles. The van der Waals surface area contributed by atoms with E-state index in [4.69, 9.17) is 0 Å². The Labute approximate surface area is 191 Å². The molecule has 0 spiro atoms. The van der Waals surface area contributed by atoms with Gasteiger partial charge in [-0.05, 0) is 54.1 Å². The molecule has 0 radical (unpaired) electrons. The summed E-state index contributed by atoms with van der Waals surface area (Å²) < 4.78 is 0. The predicted molar refractivity (Wildman–Crippen MR) is 128 cm³/mol. The Balaban J connectivity index is 1.61. The first-order valence-corrected chi connectivity index (χ1v) is 10.4. The lowest BCUT2D eigenvalue weighted by atomic mass is 10.1. The second-order valence-corrected chi connectivity index (χ2v) is 7.45. The zero-order chi connectivity index (χ0) is 23.2. The fourth-order valence-electron chi connectivity index (χ4n) is 3.41. The number of aromatic hydroxyl groups is 2. The highest BCUT2D eigenvalue weighted by Gasteiger charge is 2.21. The zero-order valence-corrected chi connectivity index (χ0v) is 17.7. The summed E-state index contributed by atoms with van der Waals surface area (Å²) >= 11 is 0. The van der Waals surface area contributed by atoms with Gasteiger partial charge in [-0.15, -0.1) is 0 Å². The van der Waals surface area contributed by atoms with Crippen LogP contribution in [0.2, 0.25) is 0 Å². The van der Waals surface area contributed by atoms with E-state index >= 15 is 0 Å². The molecular formula is C27H22N2O4. The van der Waals surface area contributed by atoms with Gasteiger partial charge in [0.2, 0.25) is 0 Å². The van der Waals surface area contributed by atoms with Crippen molar-refractivity contribution >= 4 is 23.2 Å². The van der Waals surface area contributed by atoms with Crippen LogP contribution in [0.25, 0.3) is 0 Å². The standard InChI is InChI=1S/C27H22N2O4/c30-23-15-16-24(25(31)17-23)27(33)29(18-19-7-3-1-4-8-19)22-13-11-21(12-14-22)28-26(32)20-9-5-2-6-10-20/h1-17,30-31H,18H2,(H,28,32). The minimum absolute atomic E-state index is 0.0742. The van der Waals surface area contributed by atoms with Crippen LogP contribution in [-0.4, -0.2) is 22.0 Å². The van der Waals surface area contributed by atoms with Gasteiger partial charge < -0.3 is 20.4 Å². The molecule has 33 heavy (non-hydrogen) atoms. The summed E-state index contributed by atoms with van der Waals surface area (Å²) in [5.41, 5.74) is 2.71. The van der Waals surface area contributed by atoms with Gasteiger partial charge in [0.05, 0.1) is 12.1 Å². The van der Waals surface area contributed by atoms with Gasteiger partial charge in [0.25, 0.3) is 11.8 Å². The number of hydrogen-bond donors (Lipinski definition) is 3. The first-order chi connectivity index (χ1) is 16.0. The van der Waals surface area contributed by atoms with Crippen molar-refractivity contribution in [3.05, 3.63) is 120 Å². The van der Waals surface area contributed by atoms with Gasteiger partial charge in [-0.3, -0.25) is 9.59 Å². The lowest BCUT2D eigenvalue weighted by Gasteiger charge is -2.24. The quantitative estimate of drug-likeness (QED) is 0.386. The molecule has 0 fully saturated rings. The number of nitrogens with one attached hydrogen (secondary N) is 1. The molecule has 0 saturated heterocycles. The van der Waals surface area contributed by atoms with Crippen molar-refractivity contribution in [1.82, 2.24) is 0 Å². The number of phenols is 2. The lowest BCUT2D eigenvalue weighted by Crippen LogP contribution is -2.30. The number of rotatable bonds is 6. The van der Waals surface area contributed by atoms with E-state index in [1.807, 2.05) is 36.4 Å². The molecule has 3 N–H and O–H groups in total. The van der Waals surface area contributed by atoms with Crippen LogP contribution in [0, 0.1) is 0 Å². The number of hydrogen-bond acceptors (Lipinski definition) is 4. The van der Waals surface area contributed by atoms with Crippen molar-refractivity contribution in [2.45, 2.75) is 6.54 Å². The number of carbonyl (C=O) groups is 2. The van der Waals surface area contributed by atoms with E-state index in [1.54, 1.807) is 48.5 Å². The zero-order valence-electron chi connectivity index (χ0n) is 17.7. The minimum atomic E-state index is -0.419. The normalized spacial score (nSPS) is 10.4. The van der Waals surface area contributed by atoms with Crippen LogP contribution >= 0.6 is 0 Å². The predicted octanol–water partition coefficient (Wildman–Crippen LogP) is 5.20. The first kappa shape index (κ1) is 21.6. The summed E-state index contributed by atoms with van der Waals surface area (Å²) in [4.78, 5) is 27.3. The first-order valence-electron chi connectivity index (χ1n) is 10.4. The SMILES string of the molecule is O=C(Nc1ccc(N(Cc2ccccc2)C(=O)c2ccc(O)cc2O)cc1)c1ccccc1. The third kappa shape index (κ3) is 5.19. The van der Waals surface area contributed by atoms with Crippen LogP contribution in [0.5, 0.6) is 11.5 Å². The average Bonchev–Trinajstić information content (AvgIpc) is 2.84. The minimum Gasteiger partial charge on any atom is -0.508 e. The molecular weight excluding hydrogens is 416 g/mol. The summed E-state index contributed by atoms with van der Waals surface area (Å²) in [5, 5.41) is 22.6. The molecule has 0 unspecified atom stereocenters. The maximum absolute atomic E-state index is 13.3. The van der Waals surface area contributed by atoms with Crippen LogP contribution in [0.3, 0.4) is 0 Å². The van der Waals surface area contributed by atoms with Gasteiger partial charge in [-0.2, -0.15) is 0 Å². The smallest absolute Gasteiger partial charge is 0.262 e. The van der Waals surface area contributed by atoms with Gasteiger partial charge in [-0.25, -0.2) is 0 Å². The summed E-state index contributed by atoms with van der Waals surface area (Å²) in [6.45, 7) is 0.274. The molecule has 0 aliphatic carbocycles. The van der Waals surface area contributed by atoms with Crippen LogP contribution in [0.4, 0.5) is 11.4 Å². The van der Waals surface area contributed by atoms with E-state index in [0.717, 1.165) is 11.6 Å². The Bertz CT molecular complexity index is 1260. The van der Waals surface area contributed by atoms with Crippen molar-refractivity contribution < 1.29 is 19.8 Å². The number of benzene rings is 4. The lowest BCUT2D eigenvalue weighted by molar-refractivity contribution is 0.0980. The Morgan fingerprint density at radius 2 is 1.39 bits per heavy atom. The van der Waals surface area contributed by atoms with Gasteiger partial charge in [0.1, 0.15) is 11.5 Å². The molecule has 6 nitrogen and oxygen atoms in total. The van der Waals surface area contributed by atoms with Crippen molar-refractivity contribution in [2.75, 3.05) is 10.2 Å². The molecule has 4 aromatic rings. The van der Waals surface area contributed by atoms with Crippen molar-refractivity contribution in [1.29, 1.82) is 0 Å². The molecule has 0 atom stereocenters. The fraction of sp³-hybridized carbons (Fsp3) is 0.0370. The van der Waals surface area contributed by atoms with E-state index < -0.39 is 5.91 Å². The number of carbonyl (C=O) groups excluding carboxylic acids is 2. The maximum atomic E-state index is 13.3. The maximum Gasteiger partial charge on any atom is 0.262 e. The Kier molecular flexibility index (Phi) is 6.36. The van der Waals surface area contributed by atoms with E-state index in [2.05, 4.69) is 5.32 Å². The fourth-order valence-corrected chi connectivity index (χ4v) is 3.41. The highest BCUT2D eigenvalue weighted by Crippen LogP contribution is 2.28. The summed E-state index contributed by atoms with van der Waals surface area (Å²) in [5.74, 6) is -1.08. The van der Waals surface area contributed by atoms with Crippen molar-refractivity contribution in [2.24, 2.45) is 0 Å². The number of phenolic OH excluding ortho intramolecular Hbond substituents is 2. The van der Waals surface area contributed by atoms with Crippen LogP contribution < -0.4 is 10.2 Å². The Morgan fingerprint density at radius 3 is 2.03 bits per heavy atom. The van der Waals surface area contributed by atoms with E-state index in [1.165, 1.54) is 17.0 Å². The molecule has 164 valence electrons. The van der Waals surface area contributed by atoms with Gasteiger partial charge in [0, 0.05) is 23.0 Å². The molecule has 0 aromatic heterocycles. The summed E-state index contributed by atoms with van der Waals surface area (Å²) in [6, 6.07) is 29.2. The van der Waals surface area contributed by atoms with E-state index in [9.17, 15) is 19.8 Å². The topological polar surface area (TPSA) is 89.9 Å². The molecule has 2 amide bonds. The molecule has 4 rings (SSSR count). The summed E-state index contributed by atoms with van der Waals surface area (Å²) in [6.07, 6.45) is 0. The molecule has 0 bridgehead atoms. The van der Waals surface area contributed by atoms with Gasteiger partial charge >= 0.3 is 0 Å². The van der Waals surface area contributed by atoms with Crippen molar-refractivity contribution in [3.8, 4) is 11.5 Å². The number of anilines is 2. The van der Waals surface area contributed by atoms with Crippen molar-refractivity contribution in [3.63, 3.8) is 0 Å². The molecule has 0 aliphatic heterocycles. The summed E-state index contributed by atoms with van der Waals surface area (Å²) in [7, 11) is 0. The van der Waals surface area contributed by atoms with Gasteiger partial charge in [0.15, 0.2) is 0 Å². The average molecular weight is 438 g/mol. The highest BCUT2D eigenvalue weighted by molar-refractivity contribution is 6.08. The largest absolute Gasteiger partial charge is 0.508 e. The molecule has 0 aliphatic rings. The molecule has 0 heterocycles. The van der Waals surface area contributed by atoms with Gasteiger partial charge in [-0.1, -0.05) is 48.5 Å². The molecule has 6 heteroatoms. The van der Waals surface area contributed by atoms with Crippen LogP contribution in [-0.2, 0) is 6.54 Å². The third-order valence-corrected chi connectivity index (χ3v) is 5.11. The third-order valence-electron chi connectivity index (χ3n) is 5.11. The number of nitrogens with zero attached hydrogens (tertiary/aromatic N) is 1. The second kappa shape index (κ2) is 9.70. The second-order valence-electron chi connectivity index (χ2n) is 7.45. The monoisotopic (exact) mass is 438 g/mol. The Hall–Kier alpha value is -4.58. The highest BCUT2D eigenvalue weighted by atomic mass is 16.3. The van der Waals surface area contributed by atoms with Crippen LogP contribution in [0.15, 0.2) is 103 Å². The van der Waals surface area contributed by atoms with Crippen LogP contribution in [0.1, 0.15) is 26.3 Å². The Morgan fingerprint density at radius 1 is 0.758 bits per heavy atom. The van der Waals surface area contributed by atoms with E-state index in [0.29, 0.717) is 16.9 Å². The van der Waals surface area contributed by atoms with E-state index in [-0.39, 0.29) is 29.5 Å².